The van der Waals surface area contributed by atoms with Crippen LogP contribution in [0.2, 0.25) is 0 Å². The molecule has 3 aromatic rings. The van der Waals surface area contributed by atoms with Gasteiger partial charge in [0.1, 0.15) is 12.2 Å². The number of nitro groups is 1. The van der Waals surface area contributed by atoms with E-state index >= 15 is 0 Å². The molecule has 0 aliphatic carbocycles. The van der Waals surface area contributed by atoms with Crippen LogP contribution in [0, 0.1) is 21.9 Å². The molecule has 0 aromatic carbocycles. The third kappa shape index (κ3) is 13.6. The maximum absolute atomic E-state index is 11.9. The molecule has 13 nitrogen and oxygen atoms in total. The van der Waals surface area contributed by atoms with Gasteiger partial charge in [-0.25, -0.2) is 19.3 Å². The van der Waals surface area contributed by atoms with Crippen molar-refractivity contribution >= 4 is 11.4 Å². The molecule has 3 aromatic heterocycles. The van der Waals surface area contributed by atoms with Crippen LogP contribution >= 0.6 is 0 Å². The minimum absolute atomic E-state index is 0.0395. The number of hydrogen-bond donors (Lipinski definition) is 2. The molecule has 0 saturated carbocycles. The lowest BCUT2D eigenvalue weighted by Gasteiger charge is -2.23. The van der Waals surface area contributed by atoms with Gasteiger partial charge in [-0.05, 0) is 43.2 Å². The Kier molecular flexibility index (Phi) is 15.8. The highest BCUT2D eigenvalue weighted by Crippen LogP contribution is 2.26. The van der Waals surface area contributed by atoms with E-state index in [0.29, 0.717) is 24.8 Å². The molecule has 0 spiro atoms. The first kappa shape index (κ1) is 35.4. The van der Waals surface area contributed by atoms with Gasteiger partial charge in [-0.2, -0.15) is 4.39 Å². The van der Waals surface area contributed by atoms with Gasteiger partial charge in [0.15, 0.2) is 5.82 Å². The molecule has 0 atom stereocenters. The Labute approximate surface area is 259 Å². The number of nitrogens with two attached hydrogens (primary N) is 1. The molecule has 3 aliphatic heterocycles. The van der Waals surface area contributed by atoms with Crippen LogP contribution in [0.4, 0.5) is 20.2 Å². The zero-order chi connectivity index (χ0) is 32.3. The summed E-state index contributed by atoms with van der Waals surface area (Å²) in [5.41, 5.74) is 6.23. The van der Waals surface area contributed by atoms with Crippen LogP contribution in [-0.4, -0.2) is 82.9 Å². The Bertz CT molecular complexity index is 1260. The molecule has 6 heterocycles. The molecule has 0 radical (unpaired) electrons. The molecular weight excluding hydrogens is 596 g/mol. The number of aliphatic hydroxyl groups excluding tert-OH is 1. The standard InChI is InChI=1S/C10H12N2O4.C10H14N2O2.C5H3F2N.C5H10O2/c13-12(14)9-2-1-5-11-10(9)16-8-3-6-15-7-4-8;11-9-2-1-5-12-10(9)14-8-3-6-13-7-4-8;6-4-2-1-3-8-5(4)7;6-5-1-3-7-4-2-5/h1-2,5,8H,3-4,6-7H2;1-2,5,8H,3-4,6-7,11H2;1-3H;5-6H,1-4H2. The number of rotatable bonds is 5. The van der Waals surface area contributed by atoms with E-state index in [1.165, 1.54) is 30.6 Å². The number of nitrogens with zero attached hydrogens (tertiary/aromatic N) is 4. The number of ether oxygens (including phenoxy) is 5. The van der Waals surface area contributed by atoms with Crippen LogP contribution in [0.1, 0.15) is 38.5 Å². The van der Waals surface area contributed by atoms with Gasteiger partial charge < -0.3 is 34.5 Å². The molecule has 6 rings (SSSR count). The van der Waals surface area contributed by atoms with Crippen LogP contribution in [0.5, 0.6) is 11.8 Å². The highest BCUT2D eigenvalue weighted by atomic mass is 19.2. The number of halogens is 2. The summed E-state index contributed by atoms with van der Waals surface area (Å²) in [5.74, 6) is -1.32. The van der Waals surface area contributed by atoms with Crippen LogP contribution in [-0.2, 0) is 14.2 Å². The Morgan fingerprint density at radius 1 is 0.756 bits per heavy atom. The van der Waals surface area contributed by atoms with Gasteiger partial charge in [-0.3, -0.25) is 10.1 Å². The van der Waals surface area contributed by atoms with Crippen molar-refractivity contribution in [2.24, 2.45) is 0 Å². The first-order valence-corrected chi connectivity index (χ1v) is 14.6. The van der Waals surface area contributed by atoms with E-state index in [-0.39, 0.29) is 29.9 Å². The molecule has 3 N–H and O–H groups in total. The fourth-order valence-corrected chi connectivity index (χ4v) is 4.07. The molecule has 0 unspecified atom stereocenters. The monoisotopic (exact) mass is 635 g/mol. The van der Waals surface area contributed by atoms with E-state index in [9.17, 15) is 18.9 Å². The van der Waals surface area contributed by atoms with Crippen molar-refractivity contribution in [2.75, 3.05) is 45.4 Å². The lowest BCUT2D eigenvalue weighted by Crippen LogP contribution is -2.26. The second-order valence-electron chi connectivity index (χ2n) is 9.96. The Morgan fingerprint density at radius 3 is 1.67 bits per heavy atom. The summed E-state index contributed by atoms with van der Waals surface area (Å²) in [6, 6.07) is 8.85. The van der Waals surface area contributed by atoms with Crippen molar-refractivity contribution in [2.45, 2.75) is 56.8 Å². The highest BCUT2D eigenvalue weighted by Gasteiger charge is 2.22. The van der Waals surface area contributed by atoms with Crippen molar-refractivity contribution in [1.82, 2.24) is 15.0 Å². The van der Waals surface area contributed by atoms with Gasteiger partial charge in [0.25, 0.3) is 5.88 Å². The lowest BCUT2D eigenvalue weighted by atomic mass is 10.1. The number of anilines is 1. The van der Waals surface area contributed by atoms with Crippen LogP contribution in [0.15, 0.2) is 55.0 Å². The van der Waals surface area contributed by atoms with Crippen molar-refractivity contribution in [1.29, 1.82) is 0 Å². The summed E-state index contributed by atoms with van der Waals surface area (Å²) in [6.07, 6.45) is 9.38. The number of aromatic nitrogens is 3. The van der Waals surface area contributed by atoms with E-state index in [1.807, 2.05) is 0 Å². The Balaban J connectivity index is 0.000000173. The molecule has 3 saturated heterocycles. The molecule has 0 bridgehead atoms. The van der Waals surface area contributed by atoms with Gasteiger partial charge in [0.2, 0.25) is 11.8 Å². The van der Waals surface area contributed by atoms with E-state index in [2.05, 4.69) is 15.0 Å². The number of hydrogen-bond acceptors (Lipinski definition) is 12. The van der Waals surface area contributed by atoms with Gasteiger partial charge in [-0.1, -0.05) is 0 Å². The minimum Gasteiger partial charge on any atom is -0.473 e. The fraction of sp³-hybridized carbons (Fsp3) is 0.500. The third-order valence-electron chi connectivity index (χ3n) is 6.55. The smallest absolute Gasteiger partial charge is 0.330 e. The Hall–Kier alpha value is -4.05. The van der Waals surface area contributed by atoms with Crippen LogP contribution in [0.3, 0.4) is 0 Å². The summed E-state index contributed by atoms with van der Waals surface area (Å²) in [5, 5.41) is 19.6. The SMILES string of the molecule is Fc1cccnc1F.Nc1cccnc1OC1CCOCC1.O=[N+]([O-])c1cccnc1OC1CCOCC1.OC1CCOCC1. The van der Waals surface area contributed by atoms with Gasteiger partial charge in [0.05, 0.1) is 43.1 Å². The van der Waals surface area contributed by atoms with Crippen LogP contribution < -0.4 is 15.2 Å². The van der Waals surface area contributed by atoms with Crippen molar-refractivity contribution < 1.29 is 42.5 Å². The fourth-order valence-electron chi connectivity index (χ4n) is 4.07. The zero-order valence-electron chi connectivity index (χ0n) is 24.8. The van der Waals surface area contributed by atoms with Crippen molar-refractivity contribution in [3.63, 3.8) is 0 Å². The normalized spacial score (nSPS) is 17.2. The topological polar surface area (TPSA) is 174 Å². The predicted molar refractivity (Wildman–Crippen MR) is 159 cm³/mol. The maximum Gasteiger partial charge on any atom is 0.330 e. The van der Waals surface area contributed by atoms with Crippen LogP contribution in [0.25, 0.3) is 0 Å². The average Bonchev–Trinajstić information content (AvgIpc) is 3.06. The summed E-state index contributed by atoms with van der Waals surface area (Å²) in [4.78, 5) is 21.3. The summed E-state index contributed by atoms with van der Waals surface area (Å²) in [7, 11) is 0. The molecule has 45 heavy (non-hydrogen) atoms. The quantitative estimate of drug-likeness (QED) is 0.232. The lowest BCUT2D eigenvalue weighted by molar-refractivity contribution is -0.386. The van der Waals surface area contributed by atoms with E-state index in [0.717, 1.165) is 71.0 Å². The van der Waals surface area contributed by atoms with E-state index < -0.39 is 16.7 Å². The van der Waals surface area contributed by atoms with E-state index in [4.69, 9.17) is 34.5 Å². The average molecular weight is 636 g/mol. The predicted octanol–water partition coefficient (Wildman–Crippen LogP) is 4.29. The number of aliphatic hydroxyl groups is 1. The molecule has 3 aliphatic rings. The molecule has 246 valence electrons. The van der Waals surface area contributed by atoms with Gasteiger partial charge in [0, 0.05) is 63.6 Å². The molecule has 15 heteroatoms. The number of pyridine rings is 3. The molecule has 3 fully saturated rings. The van der Waals surface area contributed by atoms with Gasteiger partial charge in [-0.15, -0.1) is 0 Å². The van der Waals surface area contributed by atoms with Gasteiger partial charge >= 0.3 is 5.69 Å². The van der Waals surface area contributed by atoms with Crippen molar-refractivity contribution in [3.05, 3.63) is 76.9 Å². The van der Waals surface area contributed by atoms with Crippen molar-refractivity contribution in [3.8, 4) is 11.8 Å². The first-order chi connectivity index (χ1) is 21.8. The summed E-state index contributed by atoms with van der Waals surface area (Å²) < 4.78 is 50.3. The maximum atomic E-state index is 11.9. The first-order valence-electron chi connectivity index (χ1n) is 14.6. The number of nitrogen functional groups attached to an aromatic ring is 1. The minimum atomic E-state index is -1.05. The largest absolute Gasteiger partial charge is 0.473 e. The second kappa shape index (κ2) is 20.1. The summed E-state index contributed by atoms with van der Waals surface area (Å²) >= 11 is 0. The molecular formula is C30H39F2N5O8. The van der Waals surface area contributed by atoms with E-state index in [1.54, 1.807) is 18.3 Å². The second-order valence-corrected chi connectivity index (χ2v) is 9.96. The molecule has 0 amide bonds. The zero-order valence-corrected chi connectivity index (χ0v) is 24.8. The summed E-state index contributed by atoms with van der Waals surface area (Å²) in [6.45, 7) is 4.26. The third-order valence-corrected chi connectivity index (χ3v) is 6.55. The highest BCUT2D eigenvalue weighted by molar-refractivity contribution is 5.47. The Morgan fingerprint density at radius 2 is 1.22 bits per heavy atom.